The normalized spacial score (nSPS) is 11.8. The topological polar surface area (TPSA) is 40.2 Å². The number of hydrogen-bond donors (Lipinski definition) is 2. The van der Waals surface area contributed by atoms with E-state index in [1.165, 1.54) is 0 Å². The van der Waals surface area contributed by atoms with Crippen molar-refractivity contribution in [1.82, 2.24) is 9.88 Å². The predicted molar refractivity (Wildman–Crippen MR) is 80.1 cm³/mol. The molecule has 0 aliphatic heterocycles. The standard InChI is InChI=1S/C12H20Cl2N4/c1-12(2,18(4)5)7-16-11-9(14)6-8(13)10(15-3)17-11/h6H,7H2,1-5H3,(H2,15,16,17). The van der Waals surface area contributed by atoms with Gasteiger partial charge in [0.05, 0.1) is 10.0 Å². The molecule has 1 aromatic rings. The molecule has 0 aromatic carbocycles. The van der Waals surface area contributed by atoms with Gasteiger partial charge in [-0.2, -0.15) is 0 Å². The second kappa shape index (κ2) is 5.95. The minimum Gasteiger partial charge on any atom is -0.372 e. The summed E-state index contributed by atoms with van der Waals surface area (Å²) in [7, 11) is 5.85. The summed E-state index contributed by atoms with van der Waals surface area (Å²) < 4.78 is 0. The van der Waals surface area contributed by atoms with Gasteiger partial charge in [0.2, 0.25) is 0 Å². The Morgan fingerprint density at radius 3 is 2.28 bits per heavy atom. The predicted octanol–water partition coefficient (Wildman–Crippen LogP) is 3.18. The van der Waals surface area contributed by atoms with Crippen molar-refractivity contribution < 1.29 is 0 Å². The van der Waals surface area contributed by atoms with Gasteiger partial charge in [-0.1, -0.05) is 23.2 Å². The van der Waals surface area contributed by atoms with Crippen LogP contribution >= 0.6 is 23.2 Å². The van der Waals surface area contributed by atoms with Crippen LogP contribution in [0.5, 0.6) is 0 Å². The maximum absolute atomic E-state index is 6.12. The average molecular weight is 291 g/mol. The zero-order valence-electron chi connectivity index (χ0n) is 11.4. The third-order valence-corrected chi connectivity index (χ3v) is 3.64. The highest BCUT2D eigenvalue weighted by Crippen LogP contribution is 2.29. The van der Waals surface area contributed by atoms with Crippen molar-refractivity contribution in [3.05, 3.63) is 16.1 Å². The molecule has 102 valence electrons. The molecule has 0 unspecified atom stereocenters. The second-order valence-electron chi connectivity index (χ2n) is 4.96. The van der Waals surface area contributed by atoms with E-state index in [0.29, 0.717) is 21.7 Å². The van der Waals surface area contributed by atoms with Crippen LogP contribution in [0, 0.1) is 0 Å². The summed E-state index contributed by atoms with van der Waals surface area (Å²) in [5.41, 5.74) is 0.00442. The van der Waals surface area contributed by atoms with Crippen molar-refractivity contribution >= 4 is 34.8 Å². The first kappa shape index (κ1) is 15.3. The largest absolute Gasteiger partial charge is 0.372 e. The molecule has 1 aromatic heterocycles. The Balaban J connectivity index is 2.85. The highest BCUT2D eigenvalue weighted by Gasteiger charge is 2.21. The summed E-state index contributed by atoms with van der Waals surface area (Å²) in [6, 6.07) is 1.69. The van der Waals surface area contributed by atoms with Crippen molar-refractivity contribution in [3.63, 3.8) is 0 Å². The van der Waals surface area contributed by atoms with Crippen molar-refractivity contribution in [2.45, 2.75) is 19.4 Å². The zero-order valence-corrected chi connectivity index (χ0v) is 12.9. The van der Waals surface area contributed by atoms with Gasteiger partial charge in [-0.3, -0.25) is 0 Å². The Kier molecular flexibility index (Phi) is 5.08. The zero-order chi connectivity index (χ0) is 13.9. The van der Waals surface area contributed by atoms with Crippen molar-refractivity contribution in [1.29, 1.82) is 0 Å². The molecule has 1 heterocycles. The van der Waals surface area contributed by atoms with Crippen LogP contribution in [0.1, 0.15) is 13.8 Å². The average Bonchev–Trinajstić information content (AvgIpc) is 2.27. The van der Waals surface area contributed by atoms with E-state index in [9.17, 15) is 0 Å². The first-order chi connectivity index (χ1) is 8.27. The summed E-state index contributed by atoms with van der Waals surface area (Å²) in [6.45, 7) is 5.02. The Bertz CT molecular complexity index is 419. The van der Waals surface area contributed by atoms with Crippen molar-refractivity contribution in [3.8, 4) is 0 Å². The molecule has 18 heavy (non-hydrogen) atoms. The lowest BCUT2D eigenvalue weighted by Crippen LogP contribution is -2.44. The number of anilines is 2. The quantitative estimate of drug-likeness (QED) is 0.874. The molecule has 0 bridgehead atoms. The van der Waals surface area contributed by atoms with E-state index >= 15 is 0 Å². The van der Waals surface area contributed by atoms with Crippen LogP contribution in [0.15, 0.2) is 6.07 Å². The van der Waals surface area contributed by atoms with Gasteiger partial charge in [0, 0.05) is 19.1 Å². The van der Waals surface area contributed by atoms with E-state index in [4.69, 9.17) is 23.2 Å². The molecule has 0 saturated heterocycles. The third-order valence-electron chi connectivity index (χ3n) is 3.07. The first-order valence-electron chi connectivity index (χ1n) is 5.73. The lowest BCUT2D eigenvalue weighted by atomic mass is 10.0. The van der Waals surface area contributed by atoms with Crippen LogP contribution in [0.3, 0.4) is 0 Å². The Hall–Kier alpha value is -0.710. The third kappa shape index (κ3) is 3.64. The number of nitrogens with one attached hydrogen (secondary N) is 2. The Morgan fingerprint density at radius 2 is 1.78 bits per heavy atom. The van der Waals surface area contributed by atoms with E-state index < -0.39 is 0 Å². The molecule has 0 atom stereocenters. The summed E-state index contributed by atoms with van der Waals surface area (Å²) in [6.07, 6.45) is 0. The minimum atomic E-state index is 0.00442. The molecule has 0 saturated carbocycles. The highest BCUT2D eigenvalue weighted by molar-refractivity contribution is 6.37. The molecule has 1 rings (SSSR count). The van der Waals surface area contributed by atoms with Crippen LogP contribution in [0.4, 0.5) is 11.6 Å². The summed E-state index contributed by atoms with van der Waals surface area (Å²) in [5, 5.41) is 7.22. The molecule has 2 N–H and O–H groups in total. The first-order valence-corrected chi connectivity index (χ1v) is 6.48. The lowest BCUT2D eigenvalue weighted by molar-refractivity contribution is 0.210. The number of aromatic nitrogens is 1. The molecular weight excluding hydrogens is 271 g/mol. The molecule has 4 nitrogen and oxygen atoms in total. The van der Waals surface area contributed by atoms with Gasteiger partial charge in [-0.25, -0.2) is 4.98 Å². The van der Waals surface area contributed by atoms with Gasteiger partial charge in [-0.05, 0) is 34.0 Å². The Labute approximate surface area is 119 Å². The number of likely N-dealkylation sites (N-methyl/N-ethyl adjacent to an activating group) is 1. The molecule has 0 aliphatic rings. The summed E-state index contributed by atoms with van der Waals surface area (Å²) >= 11 is 12.1. The van der Waals surface area contributed by atoms with Crippen molar-refractivity contribution in [2.75, 3.05) is 38.3 Å². The molecule has 6 heteroatoms. The second-order valence-corrected chi connectivity index (χ2v) is 5.77. The molecule has 0 radical (unpaired) electrons. The number of pyridine rings is 1. The smallest absolute Gasteiger partial charge is 0.147 e. The van der Waals surface area contributed by atoms with Crippen LogP contribution in [0.25, 0.3) is 0 Å². The minimum absolute atomic E-state index is 0.00442. The fourth-order valence-electron chi connectivity index (χ4n) is 1.22. The van der Waals surface area contributed by atoms with Gasteiger partial charge < -0.3 is 15.5 Å². The van der Waals surface area contributed by atoms with Crippen LogP contribution < -0.4 is 10.6 Å². The fourth-order valence-corrected chi connectivity index (χ4v) is 1.74. The number of halogens is 2. The molecule has 0 fully saturated rings. The van der Waals surface area contributed by atoms with E-state index in [1.54, 1.807) is 13.1 Å². The number of hydrogen-bond acceptors (Lipinski definition) is 4. The van der Waals surface area contributed by atoms with Gasteiger partial charge in [0.15, 0.2) is 0 Å². The highest BCUT2D eigenvalue weighted by atomic mass is 35.5. The lowest BCUT2D eigenvalue weighted by Gasteiger charge is -2.33. The van der Waals surface area contributed by atoms with Crippen LogP contribution in [-0.4, -0.2) is 43.1 Å². The summed E-state index contributed by atoms with van der Waals surface area (Å²) in [5.74, 6) is 1.26. The van der Waals surface area contributed by atoms with Crippen LogP contribution in [-0.2, 0) is 0 Å². The number of rotatable bonds is 5. The molecule has 0 aliphatic carbocycles. The van der Waals surface area contributed by atoms with E-state index in [2.05, 4.69) is 34.4 Å². The molecular formula is C12H20Cl2N4. The van der Waals surface area contributed by atoms with Crippen LogP contribution in [0.2, 0.25) is 10.0 Å². The van der Waals surface area contributed by atoms with Gasteiger partial charge in [0.1, 0.15) is 11.6 Å². The van der Waals surface area contributed by atoms with Crippen molar-refractivity contribution in [2.24, 2.45) is 0 Å². The monoisotopic (exact) mass is 290 g/mol. The fraction of sp³-hybridized carbons (Fsp3) is 0.583. The van der Waals surface area contributed by atoms with E-state index in [0.717, 1.165) is 6.54 Å². The van der Waals surface area contributed by atoms with Gasteiger partial charge >= 0.3 is 0 Å². The van der Waals surface area contributed by atoms with E-state index in [-0.39, 0.29) is 5.54 Å². The maximum Gasteiger partial charge on any atom is 0.147 e. The van der Waals surface area contributed by atoms with Gasteiger partial charge in [-0.15, -0.1) is 0 Å². The number of nitrogens with zero attached hydrogens (tertiary/aromatic N) is 2. The van der Waals surface area contributed by atoms with E-state index in [1.807, 2.05) is 14.1 Å². The maximum atomic E-state index is 6.12. The summed E-state index contributed by atoms with van der Waals surface area (Å²) in [4.78, 5) is 6.49. The SMILES string of the molecule is CNc1nc(NCC(C)(C)N(C)C)c(Cl)cc1Cl. The molecule has 0 amide bonds. The Morgan fingerprint density at radius 1 is 1.22 bits per heavy atom. The molecule has 0 spiro atoms. The van der Waals surface area contributed by atoms with Gasteiger partial charge in [0.25, 0.3) is 0 Å².